The summed E-state index contributed by atoms with van der Waals surface area (Å²) in [6, 6.07) is 0.633. The summed E-state index contributed by atoms with van der Waals surface area (Å²) < 4.78 is 0. The third kappa shape index (κ3) is 3.29. The Labute approximate surface area is 117 Å². The van der Waals surface area contributed by atoms with Gasteiger partial charge in [-0.05, 0) is 53.1 Å². The monoisotopic (exact) mass is 267 g/mol. The zero-order chi connectivity index (χ0) is 13.9. The molecule has 4 heteroatoms. The quantitative estimate of drug-likeness (QED) is 0.811. The van der Waals surface area contributed by atoms with Crippen LogP contribution in [0, 0.1) is 0 Å². The van der Waals surface area contributed by atoms with E-state index in [1.54, 1.807) is 0 Å². The lowest BCUT2D eigenvalue weighted by molar-refractivity contribution is -0.128. The molecule has 110 valence electrons. The molecule has 1 aliphatic heterocycles. The number of rotatable bonds is 4. The van der Waals surface area contributed by atoms with Crippen molar-refractivity contribution >= 4 is 5.91 Å². The van der Waals surface area contributed by atoms with Crippen molar-refractivity contribution in [1.82, 2.24) is 15.5 Å². The Morgan fingerprint density at radius 2 is 2.05 bits per heavy atom. The summed E-state index contributed by atoms with van der Waals surface area (Å²) in [6.45, 7) is 6.32. The molecular weight excluding hydrogens is 238 g/mol. The number of nitrogens with zero attached hydrogens (tertiary/aromatic N) is 1. The van der Waals surface area contributed by atoms with Crippen LogP contribution in [-0.4, -0.2) is 48.6 Å². The minimum Gasteiger partial charge on any atom is -0.355 e. The largest absolute Gasteiger partial charge is 0.355 e. The molecule has 1 aliphatic carbocycles. The molecular formula is C15H29N3O. The van der Waals surface area contributed by atoms with Gasteiger partial charge in [-0.2, -0.15) is 0 Å². The van der Waals surface area contributed by atoms with Gasteiger partial charge in [0.15, 0.2) is 0 Å². The molecule has 1 unspecified atom stereocenters. The maximum atomic E-state index is 12.4. The van der Waals surface area contributed by atoms with E-state index in [4.69, 9.17) is 0 Å². The first-order chi connectivity index (χ1) is 9.06. The van der Waals surface area contributed by atoms with Crippen LogP contribution < -0.4 is 10.6 Å². The van der Waals surface area contributed by atoms with Crippen molar-refractivity contribution in [1.29, 1.82) is 0 Å². The average Bonchev–Trinajstić information content (AvgIpc) is 2.83. The third-order valence-corrected chi connectivity index (χ3v) is 4.76. The van der Waals surface area contributed by atoms with E-state index >= 15 is 0 Å². The van der Waals surface area contributed by atoms with E-state index in [0.29, 0.717) is 6.04 Å². The summed E-state index contributed by atoms with van der Waals surface area (Å²) >= 11 is 0. The van der Waals surface area contributed by atoms with Gasteiger partial charge in [0.2, 0.25) is 5.91 Å². The van der Waals surface area contributed by atoms with Crippen molar-refractivity contribution in [2.45, 2.75) is 70.0 Å². The van der Waals surface area contributed by atoms with Crippen LogP contribution in [0.15, 0.2) is 0 Å². The minimum absolute atomic E-state index is 0.0352. The maximum absolute atomic E-state index is 12.4. The molecule has 1 amide bonds. The predicted molar refractivity (Wildman–Crippen MR) is 78.1 cm³/mol. The molecule has 4 nitrogen and oxygen atoms in total. The van der Waals surface area contributed by atoms with Crippen LogP contribution in [0.5, 0.6) is 0 Å². The lowest BCUT2D eigenvalue weighted by atomic mass is 9.92. The Balaban J connectivity index is 2.22. The Morgan fingerprint density at radius 3 is 2.68 bits per heavy atom. The van der Waals surface area contributed by atoms with E-state index in [9.17, 15) is 4.79 Å². The maximum Gasteiger partial charge on any atom is 0.237 e. The molecule has 2 rings (SSSR count). The molecule has 19 heavy (non-hydrogen) atoms. The zero-order valence-electron chi connectivity index (χ0n) is 12.7. The normalized spacial score (nSPS) is 29.2. The second kappa shape index (κ2) is 6.23. The Kier molecular flexibility index (Phi) is 4.85. The topological polar surface area (TPSA) is 44.4 Å². The van der Waals surface area contributed by atoms with Gasteiger partial charge in [-0.25, -0.2) is 0 Å². The van der Waals surface area contributed by atoms with Crippen molar-refractivity contribution in [3.8, 4) is 0 Å². The first-order valence-corrected chi connectivity index (χ1v) is 7.77. The van der Waals surface area contributed by atoms with E-state index in [2.05, 4.69) is 29.4 Å². The summed E-state index contributed by atoms with van der Waals surface area (Å²) in [7, 11) is 1.96. The standard InChI is InChI=1S/C15H29N3O/c1-15(2)9-11-17-14(19)13(8-10-16-3)18(15)12-6-4-5-7-12/h12-13,16H,4-11H2,1-3H3,(H,17,19). The van der Waals surface area contributed by atoms with E-state index in [-0.39, 0.29) is 17.5 Å². The molecule has 1 heterocycles. The van der Waals surface area contributed by atoms with Crippen LogP contribution in [0.4, 0.5) is 0 Å². The molecule has 1 atom stereocenters. The lowest BCUT2D eigenvalue weighted by Crippen LogP contribution is -2.57. The molecule has 2 fully saturated rings. The molecule has 0 bridgehead atoms. The number of carbonyl (C=O) groups is 1. The highest BCUT2D eigenvalue weighted by atomic mass is 16.2. The summed E-state index contributed by atoms with van der Waals surface area (Å²) in [6.07, 6.45) is 7.10. The fourth-order valence-corrected chi connectivity index (χ4v) is 3.77. The summed E-state index contributed by atoms with van der Waals surface area (Å²) in [5.41, 5.74) is 0.118. The highest BCUT2D eigenvalue weighted by molar-refractivity contribution is 5.82. The Hall–Kier alpha value is -0.610. The van der Waals surface area contributed by atoms with Crippen molar-refractivity contribution in [3.05, 3.63) is 0 Å². The average molecular weight is 267 g/mol. The summed E-state index contributed by atoms with van der Waals surface area (Å²) in [5.74, 6) is 0.229. The number of nitrogens with one attached hydrogen (secondary N) is 2. The number of hydrogen-bond acceptors (Lipinski definition) is 3. The molecule has 2 aliphatic rings. The SMILES string of the molecule is CNCCC1C(=O)NCCC(C)(C)N1C1CCCC1. The Bertz CT molecular complexity index is 311. The van der Waals surface area contributed by atoms with Crippen LogP contribution in [0.2, 0.25) is 0 Å². The van der Waals surface area contributed by atoms with Crippen LogP contribution in [-0.2, 0) is 4.79 Å². The molecule has 0 spiro atoms. The van der Waals surface area contributed by atoms with Gasteiger partial charge in [0.1, 0.15) is 0 Å². The number of hydrogen-bond donors (Lipinski definition) is 2. The van der Waals surface area contributed by atoms with E-state index in [1.807, 2.05) is 7.05 Å². The highest BCUT2D eigenvalue weighted by Crippen LogP contribution is 2.34. The lowest BCUT2D eigenvalue weighted by Gasteiger charge is -2.45. The van der Waals surface area contributed by atoms with Crippen LogP contribution in [0.1, 0.15) is 52.4 Å². The fraction of sp³-hybridized carbons (Fsp3) is 0.933. The molecule has 2 N–H and O–H groups in total. The van der Waals surface area contributed by atoms with Gasteiger partial charge in [-0.3, -0.25) is 9.69 Å². The van der Waals surface area contributed by atoms with Gasteiger partial charge in [0.25, 0.3) is 0 Å². The van der Waals surface area contributed by atoms with E-state index < -0.39 is 0 Å². The first kappa shape index (κ1) is 14.8. The van der Waals surface area contributed by atoms with Crippen molar-refractivity contribution in [3.63, 3.8) is 0 Å². The van der Waals surface area contributed by atoms with Crippen molar-refractivity contribution < 1.29 is 4.79 Å². The second-order valence-corrected chi connectivity index (χ2v) is 6.61. The van der Waals surface area contributed by atoms with Gasteiger partial charge >= 0.3 is 0 Å². The summed E-state index contributed by atoms with van der Waals surface area (Å²) in [5, 5.41) is 6.29. The smallest absolute Gasteiger partial charge is 0.237 e. The molecule has 0 radical (unpaired) electrons. The van der Waals surface area contributed by atoms with Gasteiger partial charge in [-0.15, -0.1) is 0 Å². The minimum atomic E-state index is 0.0352. The second-order valence-electron chi connectivity index (χ2n) is 6.61. The van der Waals surface area contributed by atoms with Crippen molar-refractivity contribution in [2.75, 3.05) is 20.1 Å². The Morgan fingerprint density at radius 1 is 1.37 bits per heavy atom. The van der Waals surface area contributed by atoms with Crippen LogP contribution in [0.25, 0.3) is 0 Å². The van der Waals surface area contributed by atoms with Crippen LogP contribution in [0.3, 0.4) is 0 Å². The first-order valence-electron chi connectivity index (χ1n) is 7.77. The van der Waals surface area contributed by atoms with Gasteiger partial charge in [0.05, 0.1) is 6.04 Å². The zero-order valence-corrected chi connectivity index (χ0v) is 12.7. The molecule has 1 saturated carbocycles. The van der Waals surface area contributed by atoms with Gasteiger partial charge in [-0.1, -0.05) is 12.8 Å². The summed E-state index contributed by atoms with van der Waals surface area (Å²) in [4.78, 5) is 14.9. The van der Waals surface area contributed by atoms with E-state index in [0.717, 1.165) is 25.9 Å². The van der Waals surface area contributed by atoms with Gasteiger partial charge in [0, 0.05) is 18.1 Å². The highest BCUT2D eigenvalue weighted by Gasteiger charge is 2.42. The predicted octanol–water partition coefficient (Wildman–Crippen LogP) is 1.51. The molecule has 1 saturated heterocycles. The number of amides is 1. The van der Waals surface area contributed by atoms with Crippen molar-refractivity contribution in [2.24, 2.45) is 0 Å². The van der Waals surface area contributed by atoms with E-state index in [1.165, 1.54) is 25.7 Å². The molecule has 0 aromatic heterocycles. The fourth-order valence-electron chi connectivity index (χ4n) is 3.77. The van der Waals surface area contributed by atoms with Crippen LogP contribution >= 0.6 is 0 Å². The third-order valence-electron chi connectivity index (χ3n) is 4.76. The molecule has 0 aromatic rings. The van der Waals surface area contributed by atoms with Gasteiger partial charge < -0.3 is 10.6 Å². The number of carbonyl (C=O) groups excluding carboxylic acids is 1. The molecule has 0 aromatic carbocycles.